The zero-order valence-corrected chi connectivity index (χ0v) is 9.85. The average Bonchev–Trinajstić information content (AvgIpc) is 2.38. The van der Waals surface area contributed by atoms with Gasteiger partial charge in [0, 0.05) is 11.1 Å². The van der Waals surface area contributed by atoms with Crippen molar-refractivity contribution in [2.45, 2.75) is 0 Å². The molecule has 0 aliphatic rings. The minimum absolute atomic E-state index is 0.150. The van der Waals surface area contributed by atoms with Gasteiger partial charge < -0.3 is 0 Å². The Kier molecular flexibility index (Phi) is 3.30. The molecule has 0 fully saturated rings. The Bertz CT molecular complexity index is 564. The molecule has 0 atom stereocenters. The van der Waals surface area contributed by atoms with E-state index in [1.807, 2.05) is 30.3 Å². The van der Waals surface area contributed by atoms with Crippen molar-refractivity contribution in [1.82, 2.24) is 9.97 Å². The van der Waals surface area contributed by atoms with Gasteiger partial charge in [-0.15, -0.1) is 0 Å². The van der Waals surface area contributed by atoms with Gasteiger partial charge in [0.15, 0.2) is 5.82 Å². The van der Waals surface area contributed by atoms with Gasteiger partial charge in [0.2, 0.25) is 5.28 Å². The van der Waals surface area contributed by atoms with Gasteiger partial charge in [-0.1, -0.05) is 43.0 Å². The van der Waals surface area contributed by atoms with Gasteiger partial charge in [-0.05, 0) is 18.3 Å². The van der Waals surface area contributed by atoms with Gasteiger partial charge >= 0.3 is 0 Å². The van der Waals surface area contributed by atoms with E-state index in [0.29, 0.717) is 11.5 Å². The second-order valence-corrected chi connectivity index (χ2v) is 3.64. The molecule has 0 bridgehead atoms. The van der Waals surface area contributed by atoms with Gasteiger partial charge in [0.05, 0.1) is 5.69 Å². The maximum Gasteiger partial charge on any atom is 0.225 e. The molecule has 1 heterocycles. The Balaban J connectivity index is 2.72. The van der Waals surface area contributed by atoms with Gasteiger partial charge in [0.25, 0.3) is 0 Å². The summed E-state index contributed by atoms with van der Waals surface area (Å²) < 4.78 is 0. The molecule has 3 nitrogen and oxygen atoms in total. The SMILES string of the molecule is C=Cc1c(N=C)nc(Cl)nc1-c1ccccc1. The minimum atomic E-state index is 0.150. The number of nitrogens with zero attached hydrogens (tertiary/aromatic N) is 3. The van der Waals surface area contributed by atoms with E-state index in [9.17, 15) is 0 Å². The van der Waals surface area contributed by atoms with E-state index in [-0.39, 0.29) is 5.28 Å². The summed E-state index contributed by atoms with van der Waals surface area (Å²) in [6.07, 6.45) is 1.66. The van der Waals surface area contributed by atoms with Crippen LogP contribution in [0.3, 0.4) is 0 Å². The number of aliphatic imine (C=N–C) groups is 1. The number of hydrogen-bond acceptors (Lipinski definition) is 3. The van der Waals surface area contributed by atoms with Gasteiger partial charge in [-0.2, -0.15) is 4.98 Å². The Labute approximate surface area is 105 Å². The third-order valence-electron chi connectivity index (χ3n) is 2.30. The molecule has 17 heavy (non-hydrogen) atoms. The zero-order chi connectivity index (χ0) is 12.3. The molecule has 0 N–H and O–H groups in total. The van der Waals surface area contributed by atoms with E-state index in [1.54, 1.807) is 6.08 Å². The van der Waals surface area contributed by atoms with Crippen molar-refractivity contribution in [2.24, 2.45) is 4.99 Å². The van der Waals surface area contributed by atoms with Crippen LogP contribution in [0, 0.1) is 0 Å². The molecular weight excluding hydrogens is 234 g/mol. The molecule has 0 saturated heterocycles. The highest BCUT2D eigenvalue weighted by Crippen LogP contribution is 2.29. The lowest BCUT2D eigenvalue weighted by atomic mass is 10.1. The van der Waals surface area contributed by atoms with Gasteiger partial charge in [-0.25, -0.2) is 9.98 Å². The van der Waals surface area contributed by atoms with Crippen LogP contribution < -0.4 is 0 Å². The van der Waals surface area contributed by atoms with Crippen LogP contribution in [0.1, 0.15) is 5.56 Å². The van der Waals surface area contributed by atoms with E-state index in [4.69, 9.17) is 11.6 Å². The third kappa shape index (κ3) is 2.24. The molecule has 0 amide bonds. The fourth-order valence-corrected chi connectivity index (χ4v) is 1.72. The van der Waals surface area contributed by atoms with Crippen LogP contribution in [-0.4, -0.2) is 16.7 Å². The van der Waals surface area contributed by atoms with Crippen molar-refractivity contribution in [2.75, 3.05) is 0 Å². The van der Waals surface area contributed by atoms with Crippen LogP contribution >= 0.6 is 11.6 Å². The van der Waals surface area contributed by atoms with Crippen LogP contribution in [-0.2, 0) is 0 Å². The first-order valence-electron chi connectivity index (χ1n) is 4.98. The molecule has 1 aromatic carbocycles. The fourth-order valence-electron chi connectivity index (χ4n) is 1.56. The smallest absolute Gasteiger partial charge is 0.225 e. The highest BCUT2D eigenvalue weighted by atomic mass is 35.5. The average molecular weight is 244 g/mol. The molecule has 0 unspecified atom stereocenters. The summed E-state index contributed by atoms with van der Waals surface area (Å²) in [6.45, 7) is 7.21. The Morgan fingerprint density at radius 3 is 2.47 bits per heavy atom. The number of benzene rings is 1. The van der Waals surface area contributed by atoms with Crippen molar-refractivity contribution in [1.29, 1.82) is 0 Å². The second kappa shape index (κ2) is 4.89. The Morgan fingerprint density at radius 2 is 1.88 bits per heavy atom. The predicted octanol–water partition coefficient (Wildman–Crippen LogP) is 3.77. The first-order chi connectivity index (χ1) is 8.26. The maximum atomic E-state index is 5.86. The summed E-state index contributed by atoms with van der Waals surface area (Å²) in [4.78, 5) is 12.1. The topological polar surface area (TPSA) is 38.1 Å². The number of halogens is 1. The maximum absolute atomic E-state index is 5.86. The quantitative estimate of drug-likeness (QED) is 0.608. The summed E-state index contributed by atoms with van der Waals surface area (Å²) >= 11 is 5.86. The monoisotopic (exact) mass is 243 g/mol. The molecule has 0 aliphatic heterocycles. The first kappa shape index (κ1) is 11.5. The molecule has 0 saturated carbocycles. The third-order valence-corrected chi connectivity index (χ3v) is 2.47. The summed E-state index contributed by atoms with van der Waals surface area (Å²) in [5.41, 5.74) is 2.38. The van der Waals surface area contributed by atoms with E-state index in [2.05, 4.69) is 28.3 Å². The van der Waals surface area contributed by atoms with Gasteiger partial charge in [0.1, 0.15) is 0 Å². The molecule has 0 aliphatic carbocycles. The van der Waals surface area contributed by atoms with Crippen LogP contribution in [0.4, 0.5) is 5.82 Å². The molecule has 2 rings (SSSR count). The standard InChI is InChI=1S/C13H10ClN3/c1-3-10-11(9-7-5-4-6-8-9)16-13(14)17-12(10)15-2/h3-8H,1-2H2. The van der Waals surface area contributed by atoms with E-state index in [1.165, 1.54) is 0 Å². The fraction of sp³-hybridized carbons (Fsp3) is 0. The van der Waals surface area contributed by atoms with Crippen LogP contribution in [0.25, 0.3) is 17.3 Å². The number of rotatable bonds is 3. The van der Waals surface area contributed by atoms with E-state index in [0.717, 1.165) is 11.1 Å². The number of hydrogen-bond donors (Lipinski definition) is 0. The van der Waals surface area contributed by atoms with E-state index >= 15 is 0 Å². The molecular formula is C13H10ClN3. The summed E-state index contributed by atoms with van der Waals surface area (Å²) in [5.74, 6) is 0.443. The molecule has 1 aromatic heterocycles. The minimum Gasteiger partial charge on any atom is -0.244 e. The number of aromatic nitrogens is 2. The van der Waals surface area contributed by atoms with Crippen LogP contribution in [0.5, 0.6) is 0 Å². The normalized spacial score (nSPS) is 9.94. The van der Waals surface area contributed by atoms with Gasteiger partial charge in [-0.3, -0.25) is 0 Å². The molecule has 84 valence electrons. The van der Waals surface area contributed by atoms with Crippen LogP contribution in [0.2, 0.25) is 5.28 Å². The highest BCUT2D eigenvalue weighted by molar-refractivity contribution is 6.28. The second-order valence-electron chi connectivity index (χ2n) is 3.31. The van der Waals surface area contributed by atoms with Crippen molar-refractivity contribution < 1.29 is 0 Å². The van der Waals surface area contributed by atoms with Crippen molar-refractivity contribution in [3.8, 4) is 11.3 Å². The Morgan fingerprint density at radius 1 is 1.18 bits per heavy atom. The summed E-state index contributed by atoms with van der Waals surface area (Å²) in [7, 11) is 0. The lowest BCUT2D eigenvalue weighted by molar-refractivity contribution is 1.15. The predicted molar refractivity (Wildman–Crippen MR) is 71.8 cm³/mol. The van der Waals surface area contributed by atoms with Crippen molar-refractivity contribution in [3.63, 3.8) is 0 Å². The molecule has 0 spiro atoms. The Hall–Kier alpha value is -2.00. The first-order valence-corrected chi connectivity index (χ1v) is 5.36. The van der Waals surface area contributed by atoms with Crippen molar-refractivity contribution >= 4 is 30.2 Å². The summed E-state index contributed by atoms with van der Waals surface area (Å²) in [5, 5.41) is 0.150. The molecule has 4 heteroatoms. The molecule has 2 aromatic rings. The zero-order valence-electron chi connectivity index (χ0n) is 9.10. The van der Waals surface area contributed by atoms with E-state index < -0.39 is 0 Å². The largest absolute Gasteiger partial charge is 0.244 e. The van der Waals surface area contributed by atoms with Crippen LogP contribution in [0.15, 0.2) is 41.9 Å². The molecule has 0 radical (unpaired) electrons. The lowest BCUT2D eigenvalue weighted by Gasteiger charge is -2.07. The summed E-state index contributed by atoms with van der Waals surface area (Å²) in [6, 6.07) is 9.68. The highest BCUT2D eigenvalue weighted by Gasteiger charge is 2.11. The lowest BCUT2D eigenvalue weighted by Crippen LogP contribution is -1.93. The van der Waals surface area contributed by atoms with Crippen molar-refractivity contribution in [3.05, 3.63) is 47.8 Å².